The van der Waals surface area contributed by atoms with E-state index in [1.807, 2.05) is 18.2 Å². The average Bonchev–Trinajstić information content (AvgIpc) is 3.68. The van der Waals surface area contributed by atoms with Crippen molar-refractivity contribution in [2.24, 2.45) is 0 Å². The topological polar surface area (TPSA) is 87.5 Å². The summed E-state index contributed by atoms with van der Waals surface area (Å²) in [5.41, 5.74) is 3.58. The molecule has 4 aromatic rings. The van der Waals surface area contributed by atoms with E-state index in [9.17, 15) is 4.79 Å². The summed E-state index contributed by atoms with van der Waals surface area (Å²) in [6, 6.07) is 18.1. The van der Waals surface area contributed by atoms with E-state index in [1.54, 1.807) is 12.1 Å². The lowest BCUT2D eigenvalue weighted by Crippen LogP contribution is -2.44. The van der Waals surface area contributed by atoms with Crippen LogP contribution in [0.15, 0.2) is 73.4 Å². The number of fused-ring (bicyclic) bond motifs is 1. The number of nitrogens with one attached hydrogen (secondary N) is 2. The first-order chi connectivity index (χ1) is 18.6. The third kappa shape index (κ3) is 5.19. The second kappa shape index (κ2) is 10.2. The van der Waals surface area contributed by atoms with Gasteiger partial charge in [0, 0.05) is 61.5 Å². The van der Waals surface area contributed by atoms with Crippen molar-refractivity contribution in [1.29, 1.82) is 0 Å². The van der Waals surface area contributed by atoms with E-state index in [-0.39, 0.29) is 5.91 Å². The maximum atomic E-state index is 11.7. The first kappa shape index (κ1) is 24.0. The predicted octanol–water partition coefficient (Wildman–Crippen LogP) is 5.18. The van der Waals surface area contributed by atoms with Gasteiger partial charge in [-0.2, -0.15) is 9.97 Å². The van der Waals surface area contributed by atoms with Gasteiger partial charge in [-0.15, -0.1) is 0 Å². The number of hydrogen-bond donors (Lipinski definition) is 2. The van der Waals surface area contributed by atoms with Crippen LogP contribution in [0.3, 0.4) is 0 Å². The fraction of sp³-hybridized carbons (Fsp3) is 0.276. The molecule has 2 aromatic heterocycles. The van der Waals surface area contributed by atoms with Crippen LogP contribution in [-0.4, -0.2) is 58.6 Å². The van der Waals surface area contributed by atoms with E-state index in [2.05, 4.69) is 69.1 Å². The van der Waals surface area contributed by atoms with Gasteiger partial charge >= 0.3 is 0 Å². The van der Waals surface area contributed by atoms with Crippen molar-refractivity contribution in [3.05, 3.63) is 73.4 Å². The largest absolute Gasteiger partial charge is 0.438 e. The van der Waals surface area contributed by atoms with Gasteiger partial charge in [-0.1, -0.05) is 12.6 Å². The zero-order chi connectivity index (χ0) is 26.1. The Labute approximate surface area is 221 Å². The van der Waals surface area contributed by atoms with Crippen LogP contribution in [0.4, 0.5) is 23.0 Å². The Morgan fingerprint density at radius 2 is 1.82 bits per heavy atom. The molecule has 2 aromatic carbocycles. The SMILES string of the molecule is C=CC(=O)Nc1cccc(Oc2nc(Nc3ccc(N4CCN(C)CC4)cc3)nc3c2ccn3C2CC2)c1. The molecule has 0 bridgehead atoms. The summed E-state index contributed by atoms with van der Waals surface area (Å²) in [5.74, 6) is 1.21. The lowest BCUT2D eigenvalue weighted by molar-refractivity contribution is -0.111. The molecule has 1 aliphatic carbocycles. The Balaban J connectivity index is 1.27. The van der Waals surface area contributed by atoms with Gasteiger partial charge in [0.25, 0.3) is 0 Å². The van der Waals surface area contributed by atoms with Crippen molar-refractivity contribution in [3.63, 3.8) is 0 Å². The van der Waals surface area contributed by atoms with E-state index in [0.29, 0.717) is 29.3 Å². The van der Waals surface area contributed by atoms with Gasteiger partial charge in [-0.05, 0) is 68.4 Å². The third-order valence-electron chi connectivity index (χ3n) is 6.97. The molecule has 1 aliphatic heterocycles. The number of carbonyl (C=O) groups is 1. The van der Waals surface area contributed by atoms with Crippen LogP contribution in [0.25, 0.3) is 11.0 Å². The highest BCUT2D eigenvalue weighted by atomic mass is 16.5. The lowest BCUT2D eigenvalue weighted by Gasteiger charge is -2.34. The highest BCUT2D eigenvalue weighted by molar-refractivity contribution is 5.99. The normalized spacial score (nSPS) is 15.9. The quantitative estimate of drug-likeness (QED) is 0.317. The summed E-state index contributed by atoms with van der Waals surface area (Å²) in [6.07, 6.45) is 5.58. The summed E-state index contributed by atoms with van der Waals surface area (Å²) < 4.78 is 8.45. The first-order valence-electron chi connectivity index (χ1n) is 13.0. The van der Waals surface area contributed by atoms with Crippen molar-refractivity contribution < 1.29 is 9.53 Å². The molecule has 2 fully saturated rings. The number of nitrogens with zero attached hydrogens (tertiary/aromatic N) is 5. The van der Waals surface area contributed by atoms with Crippen molar-refractivity contribution in [2.75, 3.05) is 48.8 Å². The van der Waals surface area contributed by atoms with Gasteiger partial charge in [0.15, 0.2) is 0 Å². The monoisotopic (exact) mass is 509 g/mol. The summed E-state index contributed by atoms with van der Waals surface area (Å²) in [6.45, 7) is 7.70. The molecule has 0 radical (unpaired) electrons. The highest BCUT2D eigenvalue weighted by Gasteiger charge is 2.26. The van der Waals surface area contributed by atoms with Crippen LogP contribution < -0.4 is 20.3 Å². The smallest absolute Gasteiger partial charge is 0.247 e. The molecule has 0 atom stereocenters. The molecule has 1 saturated heterocycles. The Hall–Kier alpha value is -4.37. The van der Waals surface area contributed by atoms with E-state index in [1.165, 1.54) is 11.8 Å². The van der Waals surface area contributed by atoms with Crippen LogP contribution in [0.5, 0.6) is 11.6 Å². The highest BCUT2D eigenvalue weighted by Crippen LogP contribution is 2.40. The number of ether oxygens (including phenoxy) is 1. The number of anilines is 4. The molecule has 6 rings (SSSR count). The summed E-state index contributed by atoms with van der Waals surface area (Å²) >= 11 is 0. The van der Waals surface area contributed by atoms with Crippen molar-refractivity contribution in [3.8, 4) is 11.6 Å². The fourth-order valence-corrected chi connectivity index (χ4v) is 4.68. The third-order valence-corrected chi connectivity index (χ3v) is 6.97. The summed E-state index contributed by atoms with van der Waals surface area (Å²) in [7, 11) is 2.16. The van der Waals surface area contributed by atoms with Crippen LogP contribution in [0.1, 0.15) is 18.9 Å². The number of piperazine rings is 1. The molecule has 9 nitrogen and oxygen atoms in total. The average molecular weight is 510 g/mol. The number of benzene rings is 2. The number of aromatic nitrogens is 3. The van der Waals surface area contributed by atoms with Gasteiger partial charge < -0.3 is 29.7 Å². The number of amides is 1. The minimum atomic E-state index is -0.279. The Bertz CT molecular complexity index is 1470. The van der Waals surface area contributed by atoms with Crippen LogP contribution in [-0.2, 0) is 4.79 Å². The van der Waals surface area contributed by atoms with Crippen LogP contribution in [0.2, 0.25) is 0 Å². The van der Waals surface area contributed by atoms with Crippen molar-refractivity contribution in [1.82, 2.24) is 19.4 Å². The molecule has 38 heavy (non-hydrogen) atoms. The van der Waals surface area contributed by atoms with Gasteiger partial charge in [0.1, 0.15) is 11.4 Å². The van der Waals surface area contributed by atoms with E-state index < -0.39 is 0 Å². The van der Waals surface area contributed by atoms with Crippen molar-refractivity contribution in [2.45, 2.75) is 18.9 Å². The van der Waals surface area contributed by atoms with Crippen molar-refractivity contribution >= 4 is 40.0 Å². The van der Waals surface area contributed by atoms with E-state index in [4.69, 9.17) is 14.7 Å². The summed E-state index contributed by atoms with van der Waals surface area (Å²) in [4.78, 5) is 26.1. The van der Waals surface area contributed by atoms with E-state index >= 15 is 0 Å². The maximum absolute atomic E-state index is 11.7. The van der Waals surface area contributed by atoms with Gasteiger partial charge in [-0.3, -0.25) is 4.79 Å². The van der Waals surface area contributed by atoms with E-state index in [0.717, 1.165) is 55.7 Å². The molecule has 9 heteroatoms. The van der Waals surface area contributed by atoms with Gasteiger partial charge in [0.2, 0.25) is 17.7 Å². The number of likely N-dealkylation sites (N-methyl/N-ethyl adjacent to an activating group) is 1. The minimum absolute atomic E-state index is 0.279. The minimum Gasteiger partial charge on any atom is -0.438 e. The molecule has 0 spiro atoms. The fourth-order valence-electron chi connectivity index (χ4n) is 4.68. The number of hydrogen-bond acceptors (Lipinski definition) is 7. The van der Waals surface area contributed by atoms with Gasteiger partial charge in [0.05, 0.1) is 5.39 Å². The second-order valence-corrected chi connectivity index (χ2v) is 9.83. The molecular weight excluding hydrogens is 478 g/mol. The first-order valence-corrected chi connectivity index (χ1v) is 13.0. The molecule has 2 aliphatic rings. The number of carbonyl (C=O) groups excluding carboxylic acids is 1. The molecule has 1 amide bonds. The Morgan fingerprint density at radius 3 is 2.55 bits per heavy atom. The molecule has 194 valence electrons. The Kier molecular flexibility index (Phi) is 6.43. The molecular formula is C29H31N7O2. The lowest BCUT2D eigenvalue weighted by atomic mass is 10.2. The molecule has 3 heterocycles. The summed E-state index contributed by atoms with van der Waals surface area (Å²) in [5, 5.41) is 6.98. The van der Waals surface area contributed by atoms with Crippen LogP contribution in [0, 0.1) is 0 Å². The zero-order valence-electron chi connectivity index (χ0n) is 21.4. The van der Waals surface area contributed by atoms with Gasteiger partial charge in [-0.25, -0.2) is 0 Å². The molecule has 1 saturated carbocycles. The maximum Gasteiger partial charge on any atom is 0.247 e. The molecule has 0 unspecified atom stereocenters. The standard InChI is InChI=1S/C29H31N7O2/c1-3-26(37)30-21-5-4-6-24(19-21)38-28-25-13-14-36(23-11-12-23)27(25)32-29(33-28)31-20-7-9-22(10-8-20)35-17-15-34(2)16-18-35/h3-10,13-14,19,23H,1,11-12,15-18H2,2H3,(H,30,37)(H,31,32,33). The Morgan fingerprint density at radius 1 is 1.03 bits per heavy atom. The second-order valence-electron chi connectivity index (χ2n) is 9.83. The number of rotatable bonds is 8. The predicted molar refractivity (Wildman–Crippen MR) is 151 cm³/mol. The van der Waals surface area contributed by atoms with Crippen LogP contribution >= 0.6 is 0 Å². The zero-order valence-corrected chi connectivity index (χ0v) is 21.4. The molecule has 2 N–H and O–H groups in total.